The van der Waals surface area contributed by atoms with E-state index in [1.54, 1.807) is 6.20 Å². The molecule has 0 saturated heterocycles. The number of nitrogens with zero attached hydrogens (tertiary/aromatic N) is 2. The van der Waals surface area contributed by atoms with Gasteiger partial charge in [0.1, 0.15) is 5.82 Å². The number of alkyl halides is 1. The molecule has 0 amide bonds. The van der Waals surface area contributed by atoms with E-state index in [1.165, 1.54) is 12.3 Å². The van der Waals surface area contributed by atoms with Gasteiger partial charge >= 0.3 is 0 Å². The predicted molar refractivity (Wildman–Crippen MR) is 63.5 cm³/mol. The van der Waals surface area contributed by atoms with Gasteiger partial charge in [-0.3, -0.25) is 9.88 Å². The van der Waals surface area contributed by atoms with Crippen LogP contribution in [0.15, 0.2) is 18.5 Å². The van der Waals surface area contributed by atoms with Gasteiger partial charge in [-0.2, -0.15) is 0 Å². The molecule has 1 heterocycles. The van der Waals surface area contributed by atoms with Gasteiger partial charge in [0.25, 0.3) is 0 Å². The van der Waals surface area contributed by atoms with Crippen LogP contribution < -0.4 is 0 Å². The molecule has 0 fully saturated rings. The van der Waals surface area contributed by atoms with E-state index in [-0.39, 0.29) is 11.4 Å². The zero-order chi connectivity index (χ0) is 11.5. The average Bonchev–Trinajstić information content (AvgIpc) is 2.17. The Morgan fingerprint density at radius 1 is 1.47 bits per heavy atom. The first-order valence-electron chi connectivity index (χ1n) is 4.82. The molecule has 0 bridgehead atoms. The Balaban J connectivity index is 2.70. The van der Waals surface area contributed by atoms with E-state index < -0.39 is 0 Å². The van der Waals surface area contributed by atoms with Gasteiger partial charge in [0, 0.05) is 23.6 Å². The molecular formula is C11H16BrFN2. The lowest BCUT2D eigenvalue weighted by Crippen LogP contribution is -2.42. The number of aromatic nitrogens is 1. The quantitative estimate of drug-likeness (QED) is 0.785. The second-order valence-corrected chi connectivity index (χ2v) is 4.87. The van der Waals surface area contributed by atoms with E-state index >= 15 is 0 Å². The third-order valence-electron chi connectivity index (χ3n) is 2.54. The minimum Gasteiger partial charge on any atom is -0.296 e. The van der Waals surface area contributed by atoms with Crippen LogP contribution in [0, 0.1) is 5.82 Å². The molecule has 1 aromatic rings. The Bertz CT molecular complexity index is 328. The lowest BCUT2D eigenvalue weighted by molar-refractivity contribution is 0.173. The van der Waals surface area contributed by atoms with Crippen LogP contribution in [0.4, 0.5) is 4.39 Å². The summed E-state index contributed by atoms with van der Waals surface area (Å²) in [4.78, 5) is 6.00. The average molecular weight is 275 g/mol. The minimum absolute atomic E-state index is 0.0479. The van der Waals surface area contributed by atoms with Gasteiger partial charge in [0.05, 0.1) is 6.20 Å². The normalized spacial score (nSPS) is 12.1. The van der Waals surface area contributed by atoms with Crippen molar-refractivity contribution in [3.63, 3.8) is 0 Å². The fraction of sp³-hybridized carbons (Fsp3) is 0.545. The Labute approximate surface area is 98.6 Å². The number of hydrogen-bond acceptors (Lipinski definition) is 2. The molecule has 15 heavy (non-hydrogen) atoms. The molecule has 0 N–H and O–H groups in total. The highest BCUT2D eigenvalue weighted by atomic mass is 79.9. The molecule has 0 aliphatic carbocycles. The molecule has 2 nitrogen and oxygen atoms in total. The second kappa shape index (κ2) is 5.03. The third-order valence-corrected chi connectivity index (χ3v) is 3.91. The molecule has 0 unspecified atom stereocenters. The number of rotatable bonds is 4. The van der Waals surface area contributed by atoms with Crippen LogP contribution in [0.25, 0.3) is 0 Å². The van der Waals surface area contributed by atoms with Gasteiger partial charge in [-0.1, -0.05) is 15.9 Å². The maximum Gasteiger partial charge on any atom is 0.141 e. The molecule has 0 saturated carbocycles. The molecular weight excluding hydrogens is 259 g/mol. The van der Waals surface area contributed by atoms with Crippen LogP contribution in [0.2, 0.25) is 0 Å². The van der Waals surface area contributed by atoms with Crippen molar-refractivity contribution in [3.8, 4) is 0 Å². The molecule has 0 spiro atoms. The Morgan fingerprint density at radius 2 is 2.13 bits per heavy atom. The first-order valence-corrected chi connectivity index (χ1v) is 5.94. The molecule has 0 atom stereocenters. The Hall–Kier alpha value is -0.480. The van der Waals surface area contributed by atoms with E-state index in [9.17, 15) is 4.39 Å². The molecule has 0 aliphatic rings. The van der Waals surface area contributed by atoms with Crippen LogP contribution in [-0.2, 0) is 6.54 Å². The molecule has 0 radical (unpaired) electrons. The Morgan fingerprint density at radius 3 is 2.67 bits per heavy atom. The highest BCUT2D eigenvalue weighted by molar-refractivity contribution is 9.09. The summed E-state index contributed by atoms with van der Waals surface area (Å²) in [6, 6.07) is 1.52. The predicted octanol–water partition coefficient (Wildman–Crippen LogP) is 2.83. The number of pyridine rings is 1. The molecule has 4 heteroatoms. The van der Waals surface area contributed by atoms with Gasteiger partial charge in [-0.15, -0.1) is 0 Å². The van der Waals surface area contributed by atoms with Crippen molar-refractivity contribution in [1.29, 1.82) is 0 Å². The summed E-state index contributed by atoms with van der Waals surface area (Å²) in [6.45, 7) is 4.96. The smallest absolute Gasteiger partial charge is 0.141 e. The summed E-state index contributed by atoms with van der Waals surface area (Å²) in [5, 5.41) is 0.874. The van der Waals surface area contributed by atoms with E-state index in [0.29, 0.717) is 6.54 Å². The van der Waals surface area contributed by atoms with Gasteiger partial charge < -0.3 is 0 Å². The van der Waals surface area contributed by atoms with Crippen molar-refractivity contribution in [3.05, 3.63) is 29.8 Å². The third kappa shape index (κ3) is 3.54. The fourth-order valence-electron chi connectivity index (χ4n) is 1.13. The van der Waals surface area contributed by atoms with E-state index in [4.69, 9.17) is 0 Å². The molecule has 0 aromatic carbocycles. The lowest BCUT2D eigenvalue weighted by Gasteiger charge is -2.33. The van der Waals surface area contributed by atoms with Crippen LogP contribution in [0.3, 0.4) is 0 Å². The van der Waals surface area contributed by atoms with Crippen molar-refractivity contribution in [2.24, 2.45) is 0 Å². The van der Waals surface area contributed by atoms with Gasteiger partial charge in [0.15, 0.2) is 0 Å². The number of hydrogen-bond donors (Lipinski definition) is 0. The summed E-state index contributed by atoms with van der Waals surface area (Å²) in [5.74, 6) is -0.280. The summed E-state index contributed by atoms with van der Waals surface area (Å²) < 4.78 is 12.9. The van der Waals surface area contributed by atoms with Crippen LogP contribution in [0.1, 0.15) is 19.4 Å². The van der Waals surface area contributed by atoms with E-state index in [2.05, 4.69) is 39.7 Å². The first kappa shape index (κ1) is 12.6. The fourth-order valence-corrected chi connectivity index (χ4v) is 1.56. The van der Waals surface area contributed by atoms with E-state index in [0.717, 1.165) is 10.9 Å². The minimum atomic E-state index is -0.280. The SMILES string of the molecule is CN(Cc1cncc(F)c1)C(C)(C)CBr. The van der Waals surface area contributed by atoms with Gasteiger partial charge in [0.2, 0.25) is 0 Å². The number of halogens is 2. The standard InChI is InChI=1S/C11H16BrFN2/c1-11(2,8-12)15(3)7-9-4-10(13)6-14-5-9/h4-6H,7-8H2,1-3H3. The second-order valence-electron chi connectivity index (χ2n) is 4.31. The van der Waals surface area contributed by atoms with Crippen molar-refractivity contribution in [2.75, 3.05) is 12.4 Å². The monoisotopic (exact) mass is 274 g/mol. The largest absolute Gasteiger partial charge is 0.296 e. The molecule has 1 aromatic heterocycles. The first-order chi connectivity index (χ1) is 6.95. The molecule has 0 aliphatic heterocycles. The van der Waals surface area contributed by atoms with Gasteiger partial charge in [-0.05, 0) is 32.5 Å². The van der Waals surface area contributed by atoms with E-state index in [1.807, 2.05) is 7.05 Å². The van der Waals surface area contributed by atoms with Gasteiger partial charge in [-0.25, -0.2) is 4.39 Å². The van der Waals surface area contributed by atoms with Crippen LogP contribution >= 0.6 is 15.9 Å². The lowest BCUT2D eigenvalue weighted by atomic mass is 10.1. The van der Waals surface area contributed by atoms with Crippen LogP contribution in [0.5, 0.6) is 0 Å². The summed E-state index contributed by atoms with van der Waals surface area (Å²) >= 11 is 3.47. The summed E-state index contributed by atoms with van der Waals surface area (Å²) in [7, 11) is 2.02. The maximum absolute atomic E-state index is 12.9. The molecule has 1 rings (SSSR count). The highest BCUT2D eigenvalue weighted by Crippen LogP contribution is 2.17. The van der Waals surface area contributed by atoms with Crippen molar-refractivity contribution < 1.29 is 4.39 Å². The van der Waals surface area contributed by atoms with Crippen LogP contribution in [-0.4, -0.2) is 27.8 Å². The maximum atomic E-state index is 12.9. The van der Waals surface area contributed by atoms with Crippen molar-refractivity contribution in [2.45, 2.75) is 25.9 Å². The Kier molecular flexibility index (Phi) is 4.22. The highest BCUT2D eigenvalue weighted by Gasteiger charge is 2.21. The molecule has 84 valence electrons. The zero-order valence-electron chi connectivity index (χ0n) is 9.30. The summed E-state index contributed by atoms with van der Waals surface area (Å²) in [5.41, 5.74) is 0.943. The van der Waals surface area contributed by atoms with Crippen molar-refractivity contribution >= 4 is 15.9 Å². The van der Waals surface area contributed by atoms with Crippen molar-refractivity contribution in [1.82, 2.24) is 9.88 Å². The zero-order valence-corrected chi connectivity index (χ0v) is 10.9. The topological polar surface area (TPSA) is 16.1 Å². The summed E-state index contributed by atoms with van der Waals surface area (Å²) in [6.07, 6.45) is 2.92.